The number of carbonyl (C=O) groups is 2. The van der Waals surface area contributed by atoms with Gasteiger partial charge in [-0.2, -0.15) is 0 Å². The van der Waals surface area contributed by atoms with Crippen LogP contribution in [0.3, 0.4) is 0 Å². The number of primary amides is 1. The van der Waals surface area contributed by atoms with E-state index in [9.17, 15) is 9.59 Å². The predicted octanol–water partition coefficient (Wildman–Crippen LogP) is 0.409. The first-order valence-corrected chi connectivity index (χ1v) is 5.97. The van der Waals surface area contributed by atoms with Crippen molar-refractivity contribution in [2.45, 2.75) is 0 Å². The number of rotatable bonds is 3. The molecule has 1 fully saturated rings. The Hall–Kier alpha value is -2.08. The van der Waals surface area contributed by atoms with Crippen LogP contribution in [0.1, 0.15) is 20.7 Å². The van der Waals surface area contributed by atoms with Crippen LogP contribution < -0.4 is 10.6 Å². The monoisotopic (exact) mass is 264 g/mol. The zero-order valence-electron chi connectivity index (χ0n) is 10.7. The third-order valence-electron chi connectivity index (χ3n) is 3.00. The first-order chi connectivity index (χ1) is 9.11. The van der Waals surface area contributed by atoms with E-state index in [0.29, 0.717) is 37.4 Å². The third-order valence-corrected chi connectivity index (χ3v) is 3.00. The van der Waals surface area contributed by atoms with Gasteiger partial charge in [-0.3, -0.25) is 4.79 Å². The summed E-state index contributed by atoms with van der Waals surface area (Å²) in [7, 11) is 1.30. The van der Waals surface area contributed by atoms with Crippen LogP contribution in [0.2, 0.25) is 0 Å². The number of hydrogen-bond acceptors (Lipinski definition) is 5. The SMILES string of the molecule is COC(=O)c1cc(C(N)=O)cc(N2CCOCC2)c1. The molecule has 0 spiro atoms. The van der Waals surface area contributed by atoms with Crippen LogP contribution in [0, 0.1) is 0 Å². The molecule has 0 aliphatic carbocycles. The molecular formula is C13H16N2O4. The minimum atomic E-state index is -0.569. The molecule has 2 N–H and O–H groups in total. The van der Waals surface area contributed by atoms with E-state index >= 15 is 0 Å². The van der Waals surface area contributed by atoms with Gasteiger partial charge in [0, 0.05) is 24.3 Å². The second-order valence-corrected chi connectivity index (χ2v) is 4.22. The molecule has 1 aromatic carbocycles. The summed E-state index contributed by atoms with van der Waals surface area (Å²) in [6.45, 7) is 2.66. The molecule has 1 heterocycles. The van der Waals surface area contributed by atoms with Gasteiger partial charge in [0.1, 0.15) is 0 Å². The Balaban J connectivity index is 2.38. The highest BCUT2D eigenvalue weighted by molar-refractivity contribution is 5.98. The van der Waals surface area contributed by atoms with Gasteiger partial charge in [0.05, 0.1) is 25.9 Å². The summed E-state index contributed by atoms with van der Waals surface area (Å²) in [5.74, 6) is -1.06. The van der Waals surface area contributed by atoms with Crippen LogP contribution in [0.5, 0.6) is 0 Å². The molecule has 2 rings (SSSR count). The largest absolute Gasteiger partial charge is 0.465 e. The lowest BCUT2D eigenvalue weighted by atomic mass is 10.1. The number of benzene rings is 1. The summed E-state index contributed by atoms with van der Waals surface area (Å²) in [5.41, 5.74) is 6.68. The molecule has 1 aliphatic heterocycles. The summed E-state index contributed by atoms with van der Waals surface area (Å²) in [6, 6.07) is 4.82. The highest BCUT2D eigenvalue weighted by Gasteiger charge is 2.16. The minimum Gasteiger partial charge on any atom is -0.465 e. The number of nitrogens with zero attached hydrogens (tertiary/aromatic N) is 1. The number of nitrogens with two attached hydrogens (primary N) is 1. The third kappa shape index (κ3) is 3.03. The van der Waals surface area contributed by atoms with Crippen LogP contribution in [0.15, 0.2) is 18.2 Å². The maximum Gasteiger partial charge on any atom is 0.337 e. The predicted molar refractivity (Wildman–Crippen MR) is 69.3 cm³/mol. The van der Waals surface area contributed by atoms with Crippen molar-refractivity contribution in [3.63, 3.8) is 0 Å². The Kier molecular flexibility index (Phi) is 4.01. The summed E-state index contributed by atoms with van der Waals surface area (Å²) >= 11 is 0. The van der Waals surface area contributed by atoms with Crippen molar-refractivity contribution in [3.05, 3.63) is 29.3 Å². The van der Waals surface area contributed by atoms with Gasteiger partial charge in [-0.1, -0.05) is 0 Å². The van der Waals surface area contributed by atoms with Crippen LogP contribution in [-0.4, -0.2) is 45.3 Å². The van der Waals surface area contributed by atoms with Crippen molar-refractivity contribution >= 4 is 17.6 Å². The van der Waals surface area contributed by atoms with Gasteiger partial charge in [-0.25, -0.2) is 4.79 Å². The average Bonchev–Trinajstić information content (AvgIpc) is 2.46. The van der Waals surface area contributed by atoms with E-state index in [1.165, 1.54) is 13.2 Å². The Bertz CT molecular complexity index is 495. The fourth-order valence-electron chi connectivity index (χ4n) is 1.99. The first-order valence-electron chi connectivity index (χ1n) is 5.97. The van der Waals surface area contributed by atoms with Gasteiger partial charge in [-0.05, 0) is 18.2 Å². The molecule has 1 saturated heterocycles. The molecule has 6 heteroatoms. The lowest BCUT2D eigenvalue weighted by Gasteiger charge is -2.29. The second kappa shape index (κ2) is 5.71. The standard InChI is InChI=1S/C13H16N2O4/c1-18-13(17)10-6-9(12(14)16)7-11(8-10)15-2-4-19-5-3-15/h6-8H,2-5H2,1H3,(H2,14,16). The highest BCUT2D eigenvalue weighted by Crippen LogP contribution is 2.21. The van der Waals surface area contributed by atoms with E-state index in [1.54, 1.807) is 12.1 Å². The van der Waals surface area contributed by atoms with Gasteiger partial charge in [0.25, 0.3) is 0 Å². The number of ether oxygens (including phenoxy) is 2. The van der Waals surface area contributed by atoms with E-state index in [2.05, 4.69) is 4.74 Å². The van der Waals surface area contributed by atoms with Gasteiger partial charge in [-0.15, -0.1) is 0 Å². The molecule has 0 unspecified atom stereocenters. The normalized spacial score (nSPS) is 15.1. The highest BCUT2D eigenvalue weighted by atomic mass is 16.5. The quantitative estimate of drug-likeness (QED) is 0.799. The van der Waals surface area contributed by atoms with Gasteiger partial charge < -0.3 is 20.1 Å². The molecule has 0 aromatic heterocycles. The summed E-state index contributed by atoms with van der Waals surface area (Å²) in [6.07, 6.45) is 0. The zero-order valence-corrected chi connectivity index (χ0v) is 10.7. The molecule has 0 atom stereocenters. The minimum absolute atomic E-state index is 0.296. The Morgan fingerprint density at radius 2 is 1.84 bits per heavy atom. The van der Waals surface area contributed by atoms with Crippen molar-refractivity contribution in [2.75, 3.05) is 38.3 Å². The van der Waals surface area contributed by atoms with Crippen LogP contribution in [0.25, 0.3) is 0 Å². The smallest absolute Gasteiger partial charge is 0.337 e. The Morgan fingerprint density at radius 3 is 2.42 bits per heavy atom. The fraction of sp³-hybridized carbons (Fsp3) is 0.385. The number of methoxy groups -OCH3 is 1. The topological polar surface area (TPSA) is 81.9 Å². The van der Waals surface area contributed by atoms with Gasteiger partial charge in [0.2, 0.25) is 5.91 Å². The van der Waals surface area contributed by atoms with Crippen molar-refractivity contribution in [2.24, 2.45) is 5.73 Å². The molecule has 1 aromatic rings. The summed E-state index contributed by atoms with van der Waals surface area (Å²) in [5, 5.41) is 0. The van der Waals surface area contributed by atoms with Crippen molar-refractivity contribution in [3.8, 4) is 0 Å². The molecule has 102 valence electrons. The fourth-order valence-corrected chi connectivity index (χ4v) is 1.99. The molecule has 6 nitrogen and oxygen atoms in total. The Morgan fingerprint density at radius 1 is 1.21 bits per heavy atom. The lowest BCUT2D eigenvalue weighted by molar-refractivity contribution is 0.0600. The number of hydrogen-bond donors (Lipinski definition) is 1. The van der Waals surface area contributed by atoms with Crippen LogP contribution >= 0.6 is 0 Å². The zero-order chi connectivity index (χ0) is 13.8. The number of amides is 1. The molecule has 0 saturated carbocycles. The molecule has 19 heavy (non-hydrogen) atoms. The van der Waals surface area contributed by atoms with Gasteiger partial charge >= 0.3 is 5.97 Å². The molecular weight excluding hydrogens is 248 g/mol. The molecule has 0 radical (unpaired) electrons. The van der Waals surface area contributed by atoms with E-state index in [4.69, 9.17) is 10.5 Å². The number of esters is 1. The van der Waals surface area contributed by atoms with Crippen LogP contribution in [-0.2, 0) is 9.47 Å². The van der Waals surface area contributed by atoms with Crippen LogP contribution in [0.4, 0.5) is 5.69 Å². The van der Waals surface area contributed by atoms with Gasteiger partial charge in [0.15, 0.2) is 0 Å². The van der Waals surface area contributed by atoms with Crippen molar-refractivity contribution in [1.29, 1.82) is 0 Å². The van der Waals surface area contributed by atoms with E-state index in [-0.39, 0.29) is 0 Å². The van der Waals surface area contributed by atoms with E-state index < -0.39 is 11.9 Å². The molecule has 1 amide bonds. The lowest BCUT2D eigenvalue weighted by Crippen LogP contribution is -2.36. The van der Waals surface area contributed by atoms with E-state index in [1.807, 2.05) is 4.90 Å². The summed E-state index contributed by atoms with van der Waals surface area (Å²) < 4.78 is 9.95. The number of morpholine rings is 1. The molecule has 1 aliphatic rings. The maximum absolute atomic E-state index is 11.6. The second-order valence-electron chi connectivity index (χ2n) is 4.22. The van der Waals surface area contributed by atoms with E-state index in [0.717, 1.165) is 5.69 Å². The van der Waals surface area contributed by atoms with Crippen molar-refractivity contribution < 1.29 is 19.1 Å². The average molecular weight is 264 g/mol. The molecule has 0 bridgehead atoms. The summed E-state index contributed by atoms with van der Waals surface area (Å²) in [4.78, 5) is 25.0. The first kappa shape index (κ1) is 13.4. The number of anilines is 1. The maximum atomic E-state index is 11.6. The number of carbonyl (C=O) groups excluding carboxylic acids is 2. The van der Waals surface area contributed by atoms with Crippen molar-refractivity contribution in [1.82, 2.24) is 0 Å². The Labute approximate surface area is 111 Å².